The molecule has 1 N–H and O–H groups in total. The Morgan fingerprint density at radius 2 is 1.25 bits per heavy atom. The summed E-state index contributed by atoms with van der Waals surface area (Å²) >= 11 is 0. The number of hydrogen-bond donors (Lipinski definition) is 1. The van der Waals surface area contributed by atoms with Gasteiger partial charge < -0.3 is 10.2 Å². The third-order valence-electron chi connectivity index (χ3n) is 6.03. The zero-order chi connectivity index (χ0) is 22.1. The monoisotopic (exact) mass is 425 g/mol. The van der Waals surface area contributed by atoms with Crippen molar-refractivity contribution in [2.45, 2.75) is 19.3 Å². The molecular weight excluding hydrogens is 402 g/mol. The fourth-order valence-corrected chi connectivity index (χ4v) is 4.45. The van der Waals surface area contributed by atoms with Gasteiger partial charge in [0.05, 0.1) is 33.8 Å². The molecule has 0 bridgehead atoms. The molecule has 1 saturated heterocycles. The largest absolute Gasteiger partial charge is 0.370 e. The molecule has 160 valence electrons. The number of rotatable bonds is 4. The minimum Gasteiger partial charge on any atom is -0.370 e. The molecule has 0 saturated carbocycles. The topological polar surface area (TPSA) is 69.7 Å². The Bertz CT molecular complexity index is 1180. The van der Waals surface area contributed by atoms with E-state index in [0.29, 0.717) is 11.1 Å². The number of nitrogens with one attached hydrogen (secondary N) is 1. The lowest BCUT2D eigenvalue weighted by atomic mass is 10.1. The average Bonchev–Trinajstić information content (AvgIpc) is 3.10. The number of nitrogens with zero attached hydrogens (tertiary/aromatic N) is 2. The van der Waals surface area contributed by atoms with E-state index in [1.807, 2.05) is 24.3 Å². The Labute approximate surface area is 186 Å². The zero-order valence-electron chi connectivity index (χ0n) is 17.6. The molecule has 6 nitrogen and oxygen atoms in total. The van der Waals surface area contributed by atoms with Crippen LogP contribution in [-0.2, 0) is 0 Å². The van der Waals surface area contributed by atoms with Crippen molar-refractivity contribution in [1.82, 2.24) is 0 Å². The maximum absolute atomic E-state index is 13.3. The molecular formula is C26H23N3O3. The molecule has 0 atom stereocenters. The Balaban J connectivity index is 1.47. The van der Waals surface area contributed by atoms with Crippen LogP contribution in [0, 0.1) is 0 Å². The van der Waals surface area contributed by atoms with E-state index < -0.39 is 11.8 Å². The highest BCUT2D eigenvalue weighted by molar-refractivity contribution is 6.35. The van der Waals surface area contributed by atoms with Crippen molar-refractivity contribution in [3.63, 3.8) is 0 Å². The lowest BCUT2D eigenvalue weighted by Crippen LogP contribution is -2.32. The van der Waals surface area contributed by atoms with Gasteiger partial charge in [0, 0.05) is 13.1 Å². The number of piperidine rings is 1. The highest BCUT2D eigenvalue weighted by Gasteiger charge is 2.38. The highest BCUT2D eigenvalue weighted by Crippen LogP contribution is 2.33. The quantitative estimate of drug-likeness (QED) is 0.614. The van der Waals surface area contributed by atoms with Gasteiger partial charge >= 0.3 is 0 Å². The maximum atomic E-state index is 13.3. The number of hydrogen-bond acceptors (Lipinski definition) is 4. The van der Waals surface area contributed by atoms with Crippen molar-refractivity contribution < 1.29 is 14.4 Å². The molecule has 0 aliphatic carbocycles. The average molecular weight is 425 g/mol. The van der Waals surface area contributed by atoms with Gasteiger partial charge in [0.1, 0.15) is 0 Å². The first-order valence-electron chi connectivity index (χ1n) is 10.9. The number of fused-ring (bicyclic) bond motifs is 1. The van der Waals surface area contributed by atoms with Gasteiger partial charge in [0.25, 0.3) is 17.7 Å². The molecule has 1 fully saturated rings. The van der Waals surface area contributed by atoms with Crippen LogP contribution in [0.2, 0.25) is 0 Å². The molecule has 0 unspecified atom stereocenters. The lowest BCUT2D eigenvalue weighted by molar-refractivity contribution is 0.0926. The van der Waals surface area contributed by atoms with Crippen molar-refractivity contribution in [3.05, 3.63) is 89.5 Å². The minimum absolute atomic E-state index is 0.274. The first-order valence-corrected chi connectivity index (χ1v) is 10.9. The van der Waals surface area contributed by atoms with Crippen LogP contribution in [0.5, 0.6) is 0 Å². The van der Waals surface area contributed by atoms with Gasteiger partial charge in [-0.3, -0.25) is 14.4 Å². The third kappa shape index (κ3) is 3.43. The van der Waals surface area contributed by atoms with E-state index in [1.54, 1.807) is 48.5 Å². The number of carbonyl (C=O) groups excluding carboxylic acids is 3. The van der Waals surface area contributed by atoms with Crippen LogP contribution in [-0.4, -0.2) is 30.8 Å². The van der Waals surface area contributed by atoms with E-state index >= 15 is 0 Å². The van der Waals surface area contributed by atoms with Crippen LogP contribution in [0.4, 0.5) is 17.1 Å². The summed E-state index contributed by atoms with van der Waals surface area (Å²) in [6, 6.07) is 21.2. The van der Waals surface area contributed by atoms with E-state index in [1.165, 1.54) is 6.42 Å². The van der Waals surface area contributed by atoms with Gasteiger partial charge in [0.15, 0.2) is 0 Å². The van der Waals surface area contributed by atoms with Gasteiger partial charge in [-0.25, -0.2) is 4.90 Å². The van der Waals surface area contributed by atoms with Crippen LogP contribution >= 0.6 is 0 Å². The summed E-state index contributed by atoms with van der Waals surface area (Å²) in [7, 11) is 0. The second-order valence-electron chi connectivity index (χ2n) is 8.03. The van der Waals surface area contributed by atoms with E-state index in [0.717, 1.165) is 42.2 Å². The zero-order valence-corrected chi connectivity index (χ0v) is 17.6. The van der Waals surface area contributed by atoms with Crippen LogP contribution in [0.3, 0.4) is 0 Å². The fourth-order valence-electron chi connectivity index (χ4n) is 4.45. The Morgan fingerprint density at radius 1 is 0.688 bits per heavy atom. The van der Waals surface area contributed by atoms with E-state index in [-0.39, 0.29) is 17.2 Å². The van der Waals surface area contributed by atoms with Gasteiger partial charge in [-0.05, 0) is 55.7 Å². The summed E-state index contributed by atoms with van der Waals surface area (Å²) in [6.07, 6.45) is 3.48. The van der Waals surface area contributed by atoms with Crippen LogP contribution in [0.25, 0.3) is 0 Å². The molecule has 3 aromatic rings. The standard InChI is InChI=1S/C26H23N3O3/c30-24(27-21-13-5-7-15-23(21)28-16-8-1-9-17-28)20-12-4-6-14-22(20)29-25(31)18-10-2-3-11-19(18)26(29)32/h2-7,10-15H,1,8-9,16-17H2,(H,27,30). The Hall–Kier alpha value is -3.93. The van der Waals surface area contributed by atoms with Gasteiger partial charge in [-0.2, -0.15) is 0 Å². The molecule has 2 aliphatic rings. The number of para-hydroxylation sites is 3. The van der Waals surface area contributed by atoms with E-state index in [2.05, 4.69) is 10.2 Å². The van der Waals surface area contributed by atoms with Crippen molar-refractivity contribution in [3.8, 4) is 0 Å². The number of amides is 3. The Morgan fingerprint density at radius 3 is 1.94 bits per heavy atom. The molecule has 5 rings (SSSR count). The molecule has 0 spiro atoms. The maximum Gasteiger partial charge on any atom is 0.266 e. The van der Waals surface area contributed by atoms with E-state index in [9.17, 15) is 14.4 Å². The van der Waals surface area contributed by atoms with Gasteiger partial charge in [0.2, 0.25) is 0 Å². The van der Waals surface area contributed by atoms with Crippen LogP contribution in [0.15, 0.2) is 72.8 Å². The SMILES string of the molecule is O=C(Nc1ccccc1N1CCCCC1)c1ccccc1N1C(=O)c2ccccc2C1=O. The molecule has 3 aromatic carbocycles. The molecule has 2 aliphatic heterocycles. The Kier molecular flexibility index (Phi) is 5.19. The summed E-state index contributed by atoms with van der Waals surface area (Å²) in [5.74, 6) is -1.19. The predicted octanol–water partition coefficient (Wildman–Crippen LogP) is 4.73. The van der Waals surface area contributed by atoms with Gasteiger partial charge in [-0.1, -0.05) is 36.4 Å². The molecule has 2 heterocycles. The van der Waals surface area contributed by atoms with Crippen molar-refractivity contribution in [2.75, 3.05) is 28.2 Å². The third-order valence-corrected chi connectivity index (χ3v) is 6.03. The first-order chi connectivity index (χ1) is 15.6. The molecule has 0 radical (unpaired) electrons. The number of carbonyl (C=O) groups is 3. The lowest BCUT2D eigenvalue weighted by Gasteiger charge is -2.30. The highest BCUT2D eigenvalue weighted by atomic mass is 16.2. The molecule has 0 aromatic heterocycles. The summed E-state index contributed by atoms with van der Waals surface area (Å²) in [6.45, 7) is 1.91. The second kappa shape index (κ2) is 8.30. The normalized spacial score (nSPS) is 15.6. The summed E-state index contributed by atoms with van der Waals surface area (Å²) < 4.78 is 0. The summed E-state index contributed by atoms with van der Waals surface area (Å²) in [5, 5.41) is 3.01. The number of anilines is 3. The predicted molar refractivity (Wildman–Crippen MR) is 124 cm³/mol. The van der Waals surface area contributed by atoms with Crippen molar-refractivity contribution >= 4 is 34.8 Å². The second-order valence-corrected chi connectivity index (χ2v) is 8.03. The summed E-state index contributed by atoms with van der Waals surface area (Å²) in [5.41, 5.74) is 2.96. The van der Waals surface area contributed by atoms with Crippen LogP contribution < -0.4 is 15.1 Å². The number of benzene rings is 3. The van der Waals surface area contributed by atoms with E-state index in [4.69, 9.17) is 0 Å². The smallest absolute Gasteiger partial charge is 0.266 e. The number of imide groups is 1. The van der Waals surface area contributed by atoms with Crippen LogP contribution in [0.1, 0.15) is 50.3 Å². The molecule has 32 heavy (non-hydrogen) atoms. The fraction of sp³-hybridized carbons (Fsp3) is 0.192. The minimum atomic E-state index is -0.417. The van der Waals surface area contributed by atoms with Crippen molar-refractivity contribution in [1.29, 1.82) is 0 Å². The summed E-state index contributed by atoms with van der Waals surface area (Å²) in [4.78, 5) is 42.7. The first kappa shape index (κ1) is 20.0. The van der Waals surface area contributed by atoms with Gasteiger partial charge in [-0.15, -0.1) is 0 Å². The van der Waals surface area contributed by atoms with Crippen molar-refractivity contribution in [2.24, 2.45) is 0 Å². The molecule has 6 heteroatoms. The molecule has 3 amide bonds.